The largest absolute Gasteiger partial charge is 0.355 e. The highest BCUT2D eigenvalue weighted by atomic mass is 14.9. The van der Waals surface area contributed by atoms with Gasteiger partial charge >= 0.3 is 0 Å². The molecule has 0 aromatic heterocycles. The third-order valence-electron chi connectivity index (χ3n) is 6.78. The van der Waals surface area contributed by atoms with Gasteiger partial charge in [0.05, 0.1) is 0 Å². The molecule has 0 aliphatic heterocycles. The Morgan fingerprint density at radius 2 is 1.31 bits per heavy atom. The first kappa shape index (κ1) is 20.6. The van der Waals surface area contributed by atoms with Crippen molar-refractivity contribution in [3.05, 3.63) is 108 Å². The molecule has 1 aliphatic carbocycles. The Kier molecular flexibility index (Phi) is 4.74. The van der Waals surface area contributed by atoms with Crippen molar-refractivity contribution < 1.29 is 0 Å². The normalized spacial score (nSPS) is 14.0. The number of anilines is 2. The van der Waals surface area contributed by atoms with E-state index in [1.54, 1.807) is 0 Å². The quantitative estimate of drug-likeness (QED) is 0.351. The number of hydrogen-bond acceptors (Lipinski definition) is 1. The van der Waals surface area contributed by atoms with Crippen LogP contribution in [0.2, 0.25) is 0 Å². The lowest BCUT2D eigenvalue weighted by Crippen LogP contribution is -2.23. The molecule has 0 spiro atoms. The molecule has 1 nitrogen and oxygen atoms in total. The Balaban J connectivity index is 1.57. The number of benzene rings is 4. The van der Waals surface area contributed by atoms with E-state index in [1.165, 1.54) is 44.6 Å². The summed E-state index contributed by atoms with van der Waals surface area (Å²) in [5.41, 5.74) is 11.8. The molecule has 32 heavy (non-hydrogen) atoms. The van der Waals surface area contributed by atoms with E-state index in [0.29, 0.717) is 0 Å². The van der Waals surface area contributed by atoms with Crippen LogP contribution in [0, 0.1) is 0 Å². The molecule has 160 valence electrons. The van der Waals surface area contributed by atoms with Gasteiger partial charge in [0, 0.05) is 22.4 Å². The maximum absolute atomic E-state index is 3.72. The Morgan fingerprint density at radius 1 is 0.656 bits per heavy atom. The van der Waals surface area contributed by atoms with Crippen molar-refractivity contribution in [1.82, 2.24) is 0 Å². The van der Waals surface area contributed by atoms with E-state index < -0.39 is 0 Å². The second-order valence-corrected chi connectivity index (χ2v) is 10.4. The van der Waals surface area contributed by atoms with E-state index >= 15 is 0 Å². The zero-order valence-corrected chi connectivity index (χ0v) is 19.7. The van der Waals surface area contributed by atoms with E-state index in [0.717, 1.165) is 5.69 Å². The Hall–Kier alpha value is -3.32. The molecule has 0 heterocycles. The van der Waals surface area contributed by atoms with Crippen LogP contribution in [0.1, 0.15) is 51.3 Å². The summed E-state index contributed by atoms with van der Waals surface area (Å²) in [4.78, 5) is 0. The summed E-state index contributed by atoms with van der Waals surface area (Å²) in [7, 11) is 0. The third kappa shape index (κ3) is 3.33. The second-order valence-electron chi connectivity index (χ2n) is 10.4. The van der Waals surface area contributed by atoms with Crippen LogP contribution in [-0.4, -0.2) is 0 Å². The number of rotatable bonds is 3. The first-order valence-corrected chi connectivity index (χ1v) is 11.5. The molecule has 4 aromatic carbocycles. The monoisotopic (exact) mass is 417 g/mol. The Labute approximate surface area is 192 Å². The third-order valence-corrected chi connectivity index (χ3v) is 6.78. The highest BCUT2D eigenvalue weighted by Crippen LogP contribution is 2.54. The highest BCUT2D eigenvalue weighted by Gasteiger charge is 2.40. The van der Waals surface area contributed by atoms with Crippen molar-refractivity contribution in [2.75, 3.05) is 5.32 Å². The summed E-state index contributed by atoms with van der Waals surface area (Å²) in [6, 6.07) is 32.8. The van der Waals surface area contributed by atoms with E-state index in [1.807, 2.05) is 0 Å². The summed E-state index contributed by atoms with van der Waals surface area (Å²) in [6.07, 6.45) is 0. The van der Waals surface area contributed by atoms with Crippen LogP contribution in [0.15, 0.2) is 91.0 Å². The number of nitrogens with one attached hydrogen (secondary N) is 1. The lowest BCUT2D eigenvalue weighted by molar-refractivity contribution is 0.556. The molecule has 5 rings (SSSR count). The fraction of sp³-hybridized carbons (Fsp3) is 0.226. The van der Waals surface area contributed by atoms with E-state index in [4.69, 9.17) is 0 Å². The molecule has 0 unspecified atom stereocenters. The fourth-order valence-corrected chi connectivity index (χ4v) is 5.19. The molecule has 0 radical (unpaired) electrons. The van der Waals surface area contributed by atoms with Crippen LogP contribution < -0.4 is 5.32 Å². The van der Waals surface area contributed by atoms with Crippen LogP contribution in [-0.2, 0) is 10.8 Å². The minimum atomic E-state index is -0.0244. The van der Waals surface area contributed by atoms with Crippen LogP contribution in [0.3, 0.4) is 0 Å². The van der Waals surface area contributed by atoms with Crippen molar-refractivity contribution in [1.29, 1.82) is 0 Å². The minimum absolute atomic E-state index is 0.0244. The predicted octanol–water partition coefficient (Wildman–Crippen LogP) is 8.70. The molecule has 4 aromatic rings. The van der Waals surface area contributed by atoms with Gasteiger partial charge in [-0.15, -0.1) is 0 Å². The zero-order valence-electron chi connectivity index (χ0n) is 19.7. The maximum Gasteiger partial charge on any atom is 0.0467 e. The summed E-state index contributed by atoms with van der Waals surface area (Å²) < 4.78 is 0. The standard InChI is InChI=1S/C31H31N/c1-30(2,3)26-15-9-13-24-28-25(31(4,5)29(24)26)14-10-16-27(28)32-23-19-17-22(18-20-23)21-11-7-6-8-12-21/h6-20,32H,1-5H3. The van der Waals surface area contributed by atoms with Gasteiger partial charge in [-0.1, -0.05) is 107 Å². The molecule has 0 amide bonds. The van der Waals surface area contributed by atoms with Gasteiger partial charge in [0.2, 0.25) is 0 Å². The van der Waals surface area contributed by atoms with Crippen LogP contribution in [0.5, 0.6) is 0 Å². The van der Waals surface area contributed by atoms with E-state index in [2.05, 4.69) is 131 Å². The molecule has 0 fully saturated rings. The average molecular weight is 418 g/mol. The van der Waals surface area contributed by atoms with Gasteiger partial charge in [-0.25, -0.2) is 0 Å². The minimum Gasteiger partial charge on any atom is -0.355 e. The van der Waals surface area contributed by atoms with Crippen LogP contribution >= 0.6 is 0 Å². The van der Waals surface area contributed by atoms with Gasteiger partial charge in [0.15, 0.2) is 0 Å². The van der Waals surface area contributed by atoms with Crippen LogP contribution in [0.25, 0.3) is 22.3 Å². The SMILES string of the molecule is CC(C)(C)c1cccc2c1C(C)(C)c1cccc(Nc3ccc(-c4ccccc4)cc3)c1-2. The zero-order chi connectivity index (χ0) is 22.5. The van der Waals surface area contributed by atoms with Crippen molar-refractivity contribution in [2.24, 2.45) is 0 Å². The predicted molar refractivity (Wildman–Crippen MR) is 138 cm³/mol. The van der Waals surface area contributed by atoms with Gasteiger partial charge in [0.25, 0.3) is 0 Å². The van der Waals surface area contributed by atoms with Crippen molar-refractivity contribution >= 4 is 11.4 Å². The molecule has 1 N–H and O–H groups in total. The number of hydrogen-bond donors (Lipinski definition) is 1. The molecular weight excluding hydrogens is 386 g/mol. The fourth-order valence-electron chi connectivity index (χ4n) is 5.19. The lowest BCUT2D eigenvalue weighted by Gasteiger charge is -2.30. The first-order chi connectivity index (χ1) is 15.3. The summed E-state index contributed by atoms with van der Waals surface area (Å²) in [6.45, 7) is 11.7. The molecule has 0 bridgehead atoms. The van der Waals surface area contributed by atoms with Gasteiger partial charge < -0.3 is 5.32 Å². The molecule has 1 aliphatic rings. The Morgan fingerprint density at radius 3 is 2.00 bits per heavy atom. The maximum atomic E-state index is 3.72. The van der Waals surface area contributed by atoms with Gasteiger partial charge in [-0.05, 0) is 57.0 Å². The van der Waals surface area contributed by atoms with Crippen molar-refractivity contribution in [3.63, 3.8) is 0 Å². The summed E-state index contributed by atoms with van der Waals surface area (Å²) in [5, 5.41) is 3.72. The van der Waals surface area contributed by atoms with Crippen LogP contribution in [0.4, 0.5) is 11.4 Å². The van der Waals surface area contributed by atoms with Gasteiger partial charge in [-0.2, -0.15) is 0 Å². The Bertz CT molecular complexity index is 1270. The van der Waals surface area contributed by atoms with Gasteiger partial charge in [-0.3, -0.25) is 0 Å². The molecule has 1 heteroatoms. The molecular formula is C31H31N. The lowest BCUT2D eigenvalue weighted by atomic mass is 9.74. The van der Waals surface area contributed by atoms with E-state index in [9.17, 15) is 0 Å². The molecule has 0 saturated carbocycles. The molecule has 0 saturated heterocycles. The first-order valence-electron chi connectivity index (χ1n) is 11.5. The molecule has 0 atom stereocenters. The van der Waals surface area contributed by atoms with Crippen molar-refractivity contribution in [2.45, 2.75) is 45.4 Å². The average Bonchev–Trinajstić information content (AvgIpc) is 3.02. The summed E-state index contributed by atoms with van der Waals surface area (Å²) in [5.74, 6) is 0. The van der Waals surface area contributed by atoms with E-state index in [-0.39, 0.29) is 10.8 Å². The topological polar surface area (TPSA) is 12.0 Å². The smallest absolute Gasteiger partial charge is 0.0467 e. The van der Waals surface area contributed by atoms with Gasteiger partial charge in [0.1, 0.15) is 0 Å². The summed E-state index contributed by atoms with van der Waals surface area (Å²) >= 11 is 0. The highest BCUT2D eigenvalue weighted by molar-refractivity contribution is 5.92. The number of fused-ring (bicyclic) bond motifs is 3. The van der Waals surface area contributed by atoms with Crippen molar-refractivity contribution in [3.8, 4) is 22.3 Å². The second kappa shape index (κ2) is 7.38.